The number of ether oxygens (including phenoxy) is 2. The van der Waals surface area contributed by atoms with E-state index in [1.165, 1.54) is 25.7 Å². The molecule has 0 radical (unpaired) electrons. The van der Waals surface area contributed by atoms with E-state index in [4.69, 9.17) is 9.47 Å². The minimum atomic E-state index is -1.50. The van der Waals surface area contributed by atoms with E-state index in [0.29, 0.717) is 36.5 Å². The summed E-state index contributed by atoms with van der Waals surface area (Å²) in [6, 6.07) is 0. The van der Waals surface area contributed by atoms with Crippen LogP contribution >= 0.6 is 0 Å². The van der Waals surface area contributed by atoms with Crippen LogP contribution in [0, 0.1) is 52.3 Å². The van der Waals surface area contributed by atoms with Gasteiger partial charge in [0.05, 0.1) is 12.7 Å². The van der Waals surface area contributed by atoms with Crippen molar-refractivity contribution in [3.05, 3.63) is 0 Å². The molecule has 6 unspecified atom stereocenters. The fraction of sp³-hybridized carbons (Fsp3) is 0.970. The molecule has 236 valence electrons. The fourth-order valence-electron chi connectivity index (χ4n) is 10.5. The van der Waals surface area contributed by atoms with Crippen LogP contribution in [-0.2, 0) is 14.3 Å². The van der Waals surface area contributed by atoms with E-state index in [1.54, 1.807) is 0 Å². The summed E-state index contributed by atoms with van der Waals surface area (Å²) in [5.41, 5.74) is -0.0369. The predicted molar refractivity (Wildman–Crippen MR) is 153 cm³/mol. The molecule has 0 bridgehead atoms. The first-order chi connectivity index (χ1) is 19.3. The average Bonchev–Trinajstić information content (AvgIpc) is 3.29. The minimum Gasteiger partial charge on any atom is -0.394 e. The molecule has 0 spiro atoms. The third kappa shape index (κ3) is 5.46. The van der Waals surface area contributed by atoms with Crippen LogP contribution in [0.5, 0.6) is 0 Å². The Bertz CT molecular complexity index is 925. The van der Waals surface area contributed by atoms with Crippen LogP contribution in [-0.4, -0.2) is 80.8 Å². The lowest BCUT2D eigenvalue weighted by atomic mass is 9.43. The van der Waals surface area contributed by atoms with Gasteiger partial charge in [0, 0.05) is 5.92 Å². The van der Waals surface area contributed by atoms with Crippen molar-refractivity contribution in [1.82, 2.24) is 0 Å². The molecule has 41 heavy (non-hydrogen) atoms. The van der Waals surface area contributed by atoms with Gasteiger partial charge in [-0.2, -0.15) is 0 Å². The van der Waals surface area contributed by atoms with Gasteiger partial charge in [-0.05, 0) is 91.3 Å². The number of aliphatic hydroxyl groups is 5. The third-order valence-corrected chi connectivity index (χ3v) is 12.9. The van der Waals surface area contributed by atoms with Gasteiger partial charge in [0.2, 0.25) is 0 Å². The zero-order valence-electron chi connectivity index (χ0n) is 25.8. The van der Waals surface area contributed by atoms with E-state index < -0.39 is 49.5 Å². The summed E-state index contributed by atoms with van der Waals surface area (Å²) in [7, 11) is 0. The maximum Gasteiger partial charge on any atom is 0.186 e. The van der Waals surface area contributed by atoms with E-state index in [9.17, 15) is 30.3 Å². The summed E-state index contributed by atoms with van der Waals surface area (Å²) < 4.78 is 11.7. The van der Waals surface area contributed by atoms with Crippen LogP contribution in [0.25, 0.3) is 0 Å². The summed E-state index contributed by atoms with van der Waals surface area (Å²) in [6.07, 6.45) is 2.24. The molecule has 0 aromatic rings. The number of hydrogen-bond acceptors (Lipinski definition) is 8. The van der Waals surface area contributed by atoms with Crippen molar-refractivity contribution in [2.75, 3.05) is 6.61 Å². The Morgan fingerprint density at radius 3 is 2.27 bits per heavy atom. The first-order valence-electron chi connectivity index (χ1n) is 16.5. The van der Waals surface area contributed by atoms with Crippen molar-refractivity contribution in [1.29, 1.82) is 0 Å². The quantitative estimate of drug-likeness (QED) is 0.276. The molecular weight excluding hydrogens is 524 g/mol. The molecule has 5 aliphatic rings. The average molecular weight is 581 g/mol. The van der Waals surface area contributed by atoms with E-state index in [0.717, 1.165) is 31.6 Å². The van der Waals surface area contributed by atoms with Gasteiger partial charge in [-0.25, -0.2) is 0 Å². The number of ketones is 1. The first kappa shape index (κ1) is 31.8. The highest BCUT2D eigenvalue weighted by Gasteiger charge is 2.65. The largest absolute Gasteiger partial charge is 0.394 e. The van der Waals surface area contributed by atoms with Gasteiger partial charge in [0.15, 0.2) is 12.1 Å². The molecule has 0 aromatic carbocycles. The zero-order valence-corrected chi connectivity index (χ0v) is 25.8. The topological polar surface area (TPSA) is 137 Å². The highest BCUT2D eigenvalue weighted by atomic mass is 16.7. The highest BCUT2D eigenvalue weighted by molar-refractivity contribution is 5.87. The number of hydrogen-bond donors (Lipinski definition) is 5. The van der Waals surface area contributed by atoms with Crippen LogP contribution < -0.4 is 0 Å². The lowest BCUT2D eigenvalue weighted by Crippen LogP contribution is -2.63. The Labute approximate surface area is 246 Å². The number of aliphatic hydroxyl groups excluding tert-OH is 5. The second kappa shape index (κ2) is 12.1. The summed E-state index contributed by atoms with van der Waals surface area (Å²) in [6.45, 7) is 11.2. The van der Waals surface area contributed by atoms with Crippen molar-refractivity contribution in [2.24, 2.45) is 52.3 Å². The Hall–Kier alpha value is -0.610. The molecule has 5 rings (SSSR count). The molecule has 1 heterocycles. The number of carbonyl (C=O) groups is 1. The zero-order chi connectivity index (χ0) is 29.9. The van der Waals surface area contributed by atoms with Gasteiger partial charge in [-0.1, -0.05) is 53.9 Å². The summed E-state index contributed by atoms with van der Waals surface area (Å²) in [4.78, 5) is 13.9. The summed E-state index contributed by atoms with van der Waals surface area (Å²) in [5.74, 6) is 2.33. The van der Waals surface area contributed by atoms with Crippen LogP contribution in [0.2, 0.25) is 0 Å². The molecule has 5 N–H and O–H groups in total. The lowest BCUT2D eigenvalue weighted by Gasteiger charge is -2.61. The van der Waals surface area contributed by atoms with Crippen LogP contribution in [0.4, 0.5) is 0 Å². The maximum absolute atomic E-state index is 13.9. The normalized spacial score (nSPS) is 50.8. The van der Waals surface area contributed by atoms with E-state index in [-0.39, 0.29) is 28.4 Å². The molecule has 8 heteroatoms. The standard InChI is InChI=1S/C33H56O8/c1-17(2)7-6-8-18(3)20-9-10-21-25-22(12-14-32(20,21)4)33(5)13-11-19(15-23(33)26(35)28(25)37)40-31-30(39)29(38)27(36)24(16-34)41-31/h17-25,27-31,34,36-39H,6-16H2,1-5H3/t18-,19?,20-,21?,22?,23?,24-,25?,27+,28?,29-,30-,31+,32-,33-/m1/s1. The smallest absolute Gasteiger partial charge is 0.186 e. The van der Waals surface area contributed by atoms with Gasteiger partial charge in [-0.3, -0.25) is 4.79 Å². The Balaban J connectivity index is 1.28. The Morgan fingerprint density at radius 1 is 0.902 bits per heavy atom. The van der Waals surface area contributed by atoms with E-state index >= 15 is 0 Å². The molecule has 1 aliphatic heterocycles. The van der Waals surface area contributed by atoms with E-state index in [1.807, 2.05) is 0 Å². The molecular formula is C33H56O8. The SMILES string of the molecule is CC(C)CCC[C@@H](C)[C@H]1CCC2C3C(O)C(=O)C4CC(O[C@H]5O[C@H](CO)[C@H](O)[C@@H](O)[C@H]5O)CC[C@]4(C)C3CC[C@@]21C. The second-order valence-corrected chi connectivity index (χ2v) is 15.5. The van der Waals surface area contributed by atoms with Gasteiger partial charge in [0.1, 0.15) is 30.5 Å². The molecule has 8 nitrogen and oxygen atoms in total. The monoisotopic (exact) mass is 580 g/mol. The molecule has 0 amide bonds. The molecule has 5 fully saturated rings. The van der Waals surface area contributed by atoms with Gasteiger partial charge < -0.3 is 35.0 Å². The summed E-state index contributed by atoms with van der Waals surface area (Å²) in [5, 5.41) is 52.0. The molecule has 15 atom stereocenters. The number of Topliss-reactive ketones (excluding diaryl/α,β-unsaturated/α-hetero) is 1. The van der Waals surface area contributed by atoms with Crippen molar-refractivity contribution >= 4 is 5.78 Å². The number of rotatable bonds is 8. The van der Waals surface area contributed by atoms with Crippen molar-refractivity contribution < 1.29 is 39.8 Å². The first-order valence-corrected chi connectivity index (χ1v) is 16.5. The van der Waals surface area contributed by atoms with Crippen LogP contribution in [0.1, 0.15) is 98.8 Å². The fourth-order valence-corrected chi connectivity index (χ4v) is 10.5. The maximum atomic E-state index is 13.9. The Morgan fingerprint density at radius 2 is 1.59 bits per heavy atom. The summed E-state index contributed by atoms with van der Waals surface area (Å²) >= 11 is 0. The number of carbonyl (C=O) groups excluding carboxylic acids is 1. The third-order valence-electron chi connectivity index (χ3n) is 12.9. The molecule has 1 saturated heterocycles. The molecule has 4 aliphatic carbocycles. The minimum absolute atomic E-state index is 0.0123. The predicted octanol–water partition coefficient (Wildman–Crippen LogP) is 3.44. The van der Waals surface area contributed by atoms with Crippen molar-refractivity contribution in [3.63, 3.8) is 0 Å². The lowest BCUT2D eigenvalue weighted by molar-refractivity contribution is -0.316. The van der Waals surface area contributed by atoms with Gasteiger partial charge in [0.25, 0.3) is 0 Å². The van der Waals surface area contributed by atoms with Crippen LogP contribution in [0.3, 0.4) is 0 Å². The van der Waals surface area contributed by atoms with Crippen LogP contribution in [0.15, 0.2) is 0 Å². The molecule has 4 saturated carbocycles. The van der Waals surface area contributed by atoms with Crippen molar-refractivity contribution in [2.45, 2.75) is 142 Å². The van der Waals surface area contributed by atoms with Gasteiger partial charge in [-0.15, -0.1) is 0 Å². The van der Waals surface area contributed by atoms with Gasteiger partial charge >= 0.3 is 0 Å². The molecule has 0 aromatic heterocycles. The number of fused-ring (bicyclic) bond motifs is 5. The highest BCUT2D eigenvalue weighted by Crippen LogP contribution is 2.68. The Kier molecular flexibility index (Phi) is 9.35. The van der Waals surface area contributed by atoms with E-state index in [2.05, 4.69) is 34.6 Å². The van der Waals surface area contributed by atoms with Crippen molar-refractivity contribution in [3.8, 4) is 0 Å². The second-order valence-electron chi connectivity index (χ2n) is 15.5.